The van der Waals surface area contributed by atoms with E-state index >= 15 is 0 Å². The molecular weight excluding hydrogens is 361 g/mol. The van der Waals surface area contributed by atoms with Crippen LogP contribution in [0.25, 0.3) is 0 Å². The minimum Gasteiger partial charge on any atom is -0.479 e. The van der Waals surface area contributed by atoms with Crippen molar-refractivity contribution in [3.63, 3.8) is 0 Å². The summed E-state index contributed by atoms with van der Waals surface area (Å²) in [6.07, 6.45) is -0.742. The van der Waals surface area contributed by atoms with Gasteiger partial charge in [-0.15, -0.1) is 0 Å². The van der Waals surface area contributed by atoms with E-state index in [0.717, 1.165) is 4.47 Å². The Kier molecular flexibility index (Phi) is 5.20. The molecular formula is C15H12BrClFNO2. The highest BCUT2D eigenvalue weighted by molar-refractivity contribution is 9.10. The molecule has 2 aromatic carbocycles. The van der Waals surface area contributed by atoms with Crippen molar-refractivity contribution in [3.8, 4) is 5.75 Å². The number of rotatable bonds is 4. The highest BCUT2D eigenvalue weighted by Crippen LogP contribution is 2.28. The summed E-state index contributed by atoms with van der Waals surface area (Å²) in [4.78, 5) is 12.0. The number of benzene rings is 2. The number of hydrogen-bond acceptors (Lipinski definition) is 2. The van der Waals surface area contributed by atoms with E-state index in [1.165, 1.54) is 24.3 Å². The van der Waals surface area contributed by atoms with Crippen LogP contribution in [0.15, 0.2) is 46.9 Å². The number of carbonyl (C=O) groups is 1. The number of carbonyl (C=O) groups excluding carboxylic acids is 1. The molecule has 0 aliphatic heterocycles. The number of halogens is 3. The fraction of sp³-hybridized carbons (Fsp3) is 0.133. The Morgan fingerprint density at radius 1 is 1.29 bits per heavy atom. The number of nitrogens with one attached hydrogen (secondary N) is 1. The van der Waals surface area contributed by atoms with Crippen LogP contribution in [0.2, 0.25) is 5.02 Å². The van der Waals surface area contributed by atoms with Crippen LogP contribution in [0.1, 0.15) is 6.92 Å². The van der Waals surface area contributed by atoms with E-state index in [0.29, 0.717) is 16.5 Å². The molecule has 1 atom stereocenters. The summed E-state index contributed by atoms with van der Waals surface area (Å²) < 4.78 is 19.1. The summed E-state index contributed by atoms with van der Waals surface area (Å²) in [5, 5.41) is 3.05. The molecule has 1 amide bonds. The zero-order valence-corrected chi connectivity index (χ0v) is 13.4. The lowest BCUT2D eigenvalue weighted by atomic mass is 10.3. The topological polar surface area (TPSA) is 38.3 Å². The first-order valence-electron chi connectivity index (χ1n) is 6.14. The summed E-state index contributed by atoms with van der Waals surface area (Å²) in [6.45, 7) is 1.61. The second kappa shape index (κ2) is 6.91. The largest absolute Gasteiger partial charge is 0.479 e. The van der Waals surface area contributed by atoms with Gasteiger partial charge in [0.15, 0.2) is 6.10 Å². The van der Waals surface area contributed by atoms with Gasteiger partial charge in [-0.05, 0) is 49.4 Å². The third-order valence-corrected chi connectivity index (χ3v) is 3.47. The van der Waals surface area contributed by atoms with E-state index in [1.807, 2.05) is 0 Å². The average Bonchev–Trinajstić information content (AvgIpc) is 2.44. The molecule has 0 saturated carbocycles. The third-order valence-electron chi connectivity index (χ3n) is 2.68. The molecule has 0 aromatic heterocycles. The first kappa shape index (κ1) is 15.8. The molecule has 21 heavy (non-hydrogen) atoms. The highest BCUT2D eigenvalue weighted by Gasteiger charge is 2.16. The van der Waals surface area contributed by atoms with Crippen molar-refractivity contribution in [3.05, 3.63) is 57.8 Å². The molecule has 6 heteroatoms. The minimum absolute atomic E-state index is 0.347. The first-order chi connectivity index (χ1) is 9.95. The Morgan fingerprint density at radius 2 is 1.95 bits per heavy atom. The summed E-state index contributed by atoms with van der Waals surface area (Å²) in [7, 11) is 0. The van der Waals surface area contributed by atoms with Gasteiger partial charge in [-0.1, -0.05) is 27.5 Å². The number of hydrogen-bond donors (Lipinski definition) is 1. The molecule has 0 saturated heterocycles. The van der Waals surface area contributed by atoms with Crippen molar-refractivity contribution < 1.29 is 13.9 Å². The van der Waals surface area contributed by atoms with Gasteiger partial charge in [0.25, 0.3) is 5.91 Å². The molecule has 0 unspecified atom stereocenters. The van der Waals surface area contributed by atoms with E-state index in [-0.39, 0.29) is 11.7 Å². The third kappa shape index (κ3) is 4.44. The molecule has 1 N–H and O–H groups in total. The molecule has 0 spiro atoms. The van der Waals surface area contributed by atoms with Crippen molar-refractivity contribution in [2.75, 3.05) is 5.32 Å². The highest BCUT2D eigenvalue weighted by atomic mass is 79.9. The molecule has 0 fully saturated rings. The van der Waals surface area contributed by atoms with Gasteiger partial charge in [0.05, 0.1) is 5.02 Å². The van der Waals surface area contributed by atoms with Gasteiger partial charge < -0.3 is 10.1 Å². The number of ether oxygens (including phenoxy) is 1. The van der Waals surface area contributed by atoms with Gasteiger partial charge in [-0.3, -0.25) is 4.79 Å². The SMILES string of the molecule is C[C@H](Oc1ccc(Br)cc1Cl)C(=O)Nc1ccc(F)cc1. The Hall–Kier alpha value is -1.59. The second-order valence-electron chi connectivity index (χ2n) is 4.33. The van der Waals surface area contributed by atoms with Crippen LogP contribution < -0.4 is 10.1 Å². The van der Waals surface area contributed by atoms with E-state index in [2.05, 4.69) is 21.2 Å². The van der Waals surface area contributed by atoms with Crippen molar-refractivity contribution in [2.45, 2.75) is 13.0 Å². The van der Waals surface area contributed by atoms with E-state index < -0.39 is 6.10 Å². The molecule has 0 radical (unpaired) electrons. The van der Waals surface area contributed by atoms with Crippen molar-refractivity contribution in [1.29, 1.82) is 0 Å². The van der Waals surface area contributed by atoms with Crippen LogP contribution in [0.4, 0.5) is 10.1 Å². The fourth-order valence-electron chi connectivity index (χ4n) is 1.59. The average molecular weight is 373 g/mol. The van der Waals surface area contributed by atoms with Crippen LogP contribution in [0.5, 0.6) is 5.75 Å². The zero-order valence-electron chi connectivity index (χ0n) is 11.1. The van der Waals surface area contributed by atoms with Crippen LogP contribution in [-0.4, -0.2) is 12.0 Å². The second-order valence-corrected chi connectivity index (χ2v) is 5.65. The van der Waals surface area contributed by atoms with Gasteiger partial charge >= 0.3 is 0 Å². The number of amides is 1. The van der Waals surface area contributed by atoms with Crippen LogP contribution in [0.3, 0.4) is 0 Å². The summed E-state index contributed by atoms with van der Waals surface area (Å²) >= 11 is 9.32. The van der Waals surface area contributed by atoms with Crippen LogP contribution in [0, 0.1) is 5.82 Å². The van der Waals surface area contributed by atoms with E-state index in [1.54, 1.807) is 25.1 Å². The van der Waals surface area contributed by atoms with Gasteiger partial charge in [0, 0.05) is 10.2 Å². The van der Waals surface area contributed by atoms with Gasteiger partial charge in [-0.25, -0.2) is 4.39 Å². The minimum atomic E-state index is -0.742. The Balaban J connectivity index is 2.00. The van der Waals surface area contributed by atoms with Crippen molar-refractivity contribution in [1.82, 2.24) is 0 Å². The van der Waals surface area contributed by atoms with E-state index in [9.17, 15) is 9.18 Å². The van der Waals surface area contributed by atoms with Gasteiger partial charge in [0.1, 0.15) is 11.6 Å². The van der Waals surface area contributed by atoms with Gasteiger partial charge in [-0.2, -0.15) is 0 Å². The normalized spacial score (nSPS) is 11.8. The molecule has 110 valence electrons. The van der Waals surface area contributed by atoms with Gasteiger partial charge in [0.2, 0.25) is 0 Å². The smallest absolute Gasteiger partial charge is 0.265 e. The predicted octanol–water partition coefficient (Wildman–Crippen LogP) is 4.65. The maximum absolute atomic E-state index is 12.8. The summed E-state index contributed by atoms with van der Waals surface area (Å²) in [6, 6.07) is 10.6. The van der Waals surface area contributed by atoms with Crippen molar-refractivity contribution in [2.24, 2.45) is 0 Å². The predicted molar refractivity (Wildman–Crippen MR) is 84.3 cm³/mol. The molecule has 0 heterocycles. The molecule has 0 aliphatic rings. The fourth-order valence-corrected chi connectivity index (χ4v) is 2.31. The molecule has 3 nitrogen and oxygen atoms in total. The molecule has 0 bridgehead atoms. The zero-order chi connectivity index (χ0) is 15.4. The van der Waals surface area contributed by atoms with Crippen LogP contribution >= 0.6 is 27.5 Å². The first-order valence-corrected chi connectivity index (χ1v) is 7.31. The lowest BCUT2D eigenvalue weighted by Crippen LogP contribution is -2.30. The quantitative estimate of drug-likeness (QED) is 0.848. The monoisotopic (exact) mass is 371 g/mol. The lowest BCUT2D eigenvalue weighted by molar-refractivity contribution is -0.122. The van der Waals surface area contributed by atoms with E-state index in [4.69, 9.17) is 16.3 Å². The number of anilines is 1. The van der Waals surface area contributed by atoms with Crippen LogP contribution in [-0.2, 0) is 4.79 Å². The maximum Gasteiger partial charge on any atom is 0.265 e. The maximum atomic E-state index is 12.8. The standard InChI is InChI=1S/C15H12BrClFNO2/c1-9(21-14-7-2-10(16)8-13(14)17)15(20)19-12-5-3-11(18)4-6-12/h2-9H,1H3,(H,19,20)/t9-/m0/s1. The molecule has 0 aliphatic carbocycles. The Morgan fingerprint density at radius 3 is 2.57 bits per heavy atom. The Labute approximate surface area is 135 Å². The lowest BCUT2D eigenvalue weighted by Gasteiger charge is -2.15. The Bertz CT molecular complexity index is 649. The summed E-state index contributed by atoms with van der Waals surface area (Å²) in [5.74, 6) is -0.291. The summed E-state index contributed by atoms with van der Waals surface area (Å²) in [5.41, 5.74) is 0.499. The molecule has 2 rings (SSSR count). The molecule has 2 aromatic rings. The van der Waals surface area contributed by atoms with Crippen molar-refractivity contribution >= 4 is 39.1 Å².